The van der Waals surface area contributed by atoms with Gasteiger partial charge in [0, 0.05) is 10.5 Å². The lowest BCUT2D eigenvalue weighted by Crippen LogP contribution is -2.14. The van der Waals surface area contributed by atoms with Crippen molar-refractivity contribution in [3.63, 3.8) is 0 Å². The van der Waals surface area contributed by atoms with Crippen LogP contribution in [-0.2, 0) is 6.42 Å². The van der Waals surface area contributed by atoms with Gasteiger partial charge in [-0.25, -0.2) is 4.39 Å². The standard InChI is InChI=1S/C15H14BrClFN/c1-9-5-11(7-12(16)6-9)14(19)8-10-3-2-4-13(18)15(10)17/h2-7,14H,8,19H2,1H3. The zero-order valence-electron chi connectivity index (χ0n) is 10.5. The molecule has 2 aromatic carbocycles. The van der Waals surface area contributed by atoms with Crippen LogP contribution in [0.5, 0.6) is 0 Å². The zero-order valence-corrected chi connectivity index (χ0v) is 12.8. The van der Waals surface area contributed by atoms with Gasteiger partial charge in [0.2, 0.25) is 0 Å². The van der Waals surface area contributed by atoms with E-state index in [1.807, 2.05) is 25.1 Å². The highest BCUT2D eigenvalue weighted by atomic mass is 79.9. The SMILES string of the molecule is Cc1cc(Br)cc(C(N)Cc2cccc(F)c2Cl)c1. The highest BCUT2D eigenvalue weighted by Crippen LogP contribution is 2.26. The van der Waals surface area contributed by atoms with E-state index in [1.54, 1.807) is 12.1 Å². The Hall–Kier alpha value is -0.900. The number of halogens is 3. The quantitative estimate of drug-likeness (QED) is 0.852. The average Bonchev–Trinajstić information content (AvgIpc) is 2.33. The van der Waals surface area contributed by atoms with Crippen LogP contribution in [0.15, 0.2) is 40.9 Å². The van der Waals surface area contributed by atoms with E-state index >= 15 is 0 Å². The number of nitrogens with two attached hydrogens (primary N) is 1. The van der Waals surface area contributed by atoms with E-state index in [9.17, 15) is 4.39 Å². The van der Waals surface area contributed by atoms with Gasteiger partial charge in [-0.05, 0) is 48.2 Å². The summed E-state index contributed by atoms with van der Waals surface area (Å²) in [4.78, 5) is 0. The van der Waals surface area contributed by atoms with Crippen LogP contribution >= 0.6 is 27.5 Å². The van der Waals surface area contributed by atoms with Crippen molar-refractivity contribution in [2.75, 3.05) is 0 Å². The van der Waals surface area contributed by atoms with Crippen molar-refractivity contribution in [3.05, 3.63) is 68.4 Å². The summed E-state index contributed by atoms with van der Waals surface area (Å²) in [5.74, 6) is -0.406. The van der Waals surface area contributed by atoms with Crippen molar-refractivity contribution >= 4 is 27.5 Å². The van der Waals surface area contributed by atoms with E-state index in [-0.39, 0.29) is 11.1 Å². The number of aryl methyl sites for hydroxylation is 1. The second-order valence-electron chi connectivity index (χ2n) is 4.59. The molecular formula is C15H14BrClFN. The first-order valence-electron chi connectivity index (χ1n) is 5.93. The van der Waals surface area contributed by atoms with Crippen molar-refractivity contribution in [3.8, 4) is 0 Å². The minimum atomic E-state index is -0.406. The fourth-order valence-corrected chi connectivity index (χ4v) is 2.87. The van der Waals surface area contributed by atoms with Gasteiger partial charge in [0.15, 0.2) is 0 Å². The van der Waals surface area contributed by atoms with Crippen LogP contribution in [0.4, 0.5) is 4.39 Å². The lowest BCUT2D eigenvalue weighted by atomic mass is 9.98. The first kappa shape index (κ1) is 14.5. The molecule has 19 heavy (non-hydrogen) atoms. The second kappa shape index (κ2) is 6.04. The molecule has 2 rings (SSSR count). The van der Waals surface area contributed by atoms with Gasteiger partial charge in [-0.1, -0.05) is 45.7 Å². The third-order valence-electron chi connectivity index (χ3n) is 2.96. The monoisotopic (exact) mass is 341 g/mol. The summed E-state index contributed by atoms with van der Waals surface area (Å²) in [6, 6.07) is 10.6. The van der Waals surface area contributed by atoms with Crippen LogP contribution in [0.2, 0.25) is 5.02 Å². The molecule has 0 aliphatic carbocycles. The molecule has 1 unspecified atom stereocenters. The number of benzene rings is 2. The van der Waals surface area contributed by atoms with E-state index in [4.69, 9.17) is 17.3 Å². The lowest BCUT2D eigenvalue weighted by Gasteiger charge is -2.14. The molecule has 2 N–H and O–H groups in total. The topological polar surface area (TPSA) is 26.0 Å². The molecular weight excluding hydrogens is 329 g/mol. The maximum atomic E-state index is 13.4. The summed E-state index contributed by atoms with van der Waals surface area (Å²) in [7, 11) is 0. The van der Waals surface area contributed by atoms with Crippen LogP contribution in [-0.4, -0.2) is 0 Å². The molecule has 1 nitrogen and oxygen atoms in total. The molecule has 0 saturated heterocycles. The van der Waals surface area contributed by atoms with Gasteiger partial charge in [-0.2, -0.15) is 0 Å². The fraction of sp³-hybridized carbons (Fsp3) is 0.200. The highest BCUT2D eigenvalue weighted by molar-refractivity contribution is 9.10. The molecule has 2 aromatic rings. The van der Waals surface area contributed by atoms with E-state index < -0.39 is 5.82 Å². The maximum Gasteiger partial charge on any atom is 0.142 e. The zero-order chi connectivity index (χ0) is 14.0. The van der Waals surface area contributed by atoms with Crippen molar-refractivity contribution < 1.29 is 4.39 Å². The summed E-state index contributed by atoms with van der Waals surface area (Å²) in [5, 5.41) is 0.157. The normalized spacial score (nSPS) is 12.5. The number of rotatable bonds is 3. The molecule has 0 aliphatic heterocycles. The molecule has 0 bridgehead atoms. The molecule has 0 aliphatic rings. The molecule has 100 valence electrons. The second-order valence-corrected chi connectivity index (χ2v) is 5.88. The van der Waals surface area contributed by atoms with Crippen LogP contribution < -0.4 is 5.73 Å². The Morgan fingerprint density at radius 2 is 2.05 bits per heavy atom. The fourth-order valence-electron chi connectivity index (χ4n) is 2.04. The van der Waals surface area contributed by atoms with Gasteiger partial charge in [0.25, 0.3) is 0 Å². The van der Waals surface area contributed by atoms with Crippen LogP contribution in [0.3, 0.4) is 0 Å². The van der Waals surface area contributed by atoms with Crippen LogP contribution in [0.1, 0.15) is 22.7 Å². The van der Waals surface area contributed by atoms with Gasteiger partial charge in [0.05, 0.1) is 5.02 Å². The van der Waals surface area contributed by atoms with E-state index in [0.717, 1.165) is 21.2 Å². The molecule has 0 radical (unpaired) electrons. The molecule has 0 fully saturated rings. The van der Waals surface area contributed by atoms with Gasteiger partial charge < -0.3 is 5.73 Å². The Balaban J connectivity index is 2.25. The van der Waals surface area contributed by atoms with Gasteiger partial charge in [-0.3, -0.25) is 0 Å². The Kier molecular flexibility index (Phi) is 4.61. The predicted molar refractivity (Wildman–Crippen MR) is 80.9 cm³/mol. The third kappa shape index (κ3) is 3.56. The Bertz CT molecular complexity index is 580. The first-order valence-corrected chi connectivity index (χ1v) is 7.10. The van der Waals surface area contributed by atoms with Gasteiger partial charge in [-0.15, -0.1) is 0 Å². The minimum absolute atomic E-state index is 0.157. The average molecular weight is 343 g/mol. The maximum absolute atomic E-state index is 13.4. The Morgan fingerprint density at radius 3 is 2.74 bits per heavy atom. The van der Waals surface area contributed by atoms with Crippen molar-refractivity contribution in [2.24, 2.45) is 5.73 Å². The van der Waals surface area contributed by atoms with E-state index in [2.05, 4.69) is 15.9 Å². The van der Waals surface area contributed by atoms with Gasteiger partial charge in [0.1, 0.15) is 5.82 Å². The van der Waals surface area contributed by atoms with Gasteiger partial charge >= 0.3 is 0 Å². The summed E-state index contributed by atoms with van der Waals surface area (Å²) in [5.41, 5.74) is 9.05. The molecule has 0 saturated carbocycles. The number of hydrogen-bond donors (Lipinski definition) is 1. The molecule has 0 aromatic heterocycles. The number of hydrogen-bond acceptors (Lipinski definition) is 1. The van der Waals surface area contributed by atoms with Crippen molar-refractivity contribution in [1.29, 1.82) is 0 Å². The third-order valence-corrected chi connectivity index (χ3v) is 3.85. The smallest absolute Gasteiger partial charge is 0.142 e. The van der Waals surface area contributed by atoms with Crippen LogP contribution in [0.25, 0.3) is 0 Å². The Labute approximate surface area is 125 Å². The molecule has 1 atom stereocenters. The predicted octanol–water partition coefficient (Wildman–Crippen LogP) is 4.79. The molecule has 0 spiro atoms. The van der Waals surface area contributed by atoms with E-state index in [1.165, 1.54) is 6.07 Å². The van der Waals surface area contributed by atoms with E-state index in [0.29, 0.717) is 6.42 Å². The molecule has 0 amide bonds. The first-order chi connectivity index (χ1) is 8.97. The Morgan fingerprint density at radius 1 is 1.32 bits per heavy atom. The minimum Gasteiger partial charge on any atom is -0.324 e. The summed E-state index contributed by atoms with van der Waals surface area (Å²) in [6.07, 6.45) is 0.506. The molecule has 0 heterocycles. The largest absolute Gasteiger partial charge is 0.324 e. The van der Waals surface area contributed by atoms with Crippen LogP contribution in [0, 0.1) is 12.7 Å². The lowest BCUT2D eigenvalue weighted by molar-refractivity contribution is 0.622. The molecule has 4 heteroatoms. The summed E-state index contributed by atoms with van der Waals surface area (Å²) in [6.45, 7) is 2.01. The highest BCUT2D eigenvalue weighted by Gasteiger charge is 2.12. The summed E-state index contributed by atoms with van der Waals surface area (Å²) < 4.78 is 14.4. The van der Waals surface area contributed by atoms with Crippen molar-refractivity contribution in [1.82, 2.24) is 0 Å². The summed E-state index contributed by atoms with van der Waals surface area (Å²) >= 11 is 9.40. The van der Waals surface area contributed by atoms with Crippen molar-refractivity contribution in [2.45, 2.75) is 19.4 Å².